The van der Waals surface area contributed by atoms with Crippen molar-refractivity contribution in [1.82, 2.24) is 73.1 Å². The van der Waals surface area contributed by atoms with Gasteiger partial charge in [0.2, 0.25) is 11.6 Å². The number of halogens is 4. The van der Waals surface area contributed by atoms with Gasteiger partial charge in [0.15, 0.2) is 0 Å². The molecule has 12 rings (SSSR count). The molecule has 0 bridgehead atoms. The van der Waals surface area contributed by atoms with Gasteiger partial charge in [-0.05, 0) is 116 Å². The number of rotatable bonds is 11. The highest BCUT2D eigenvalue weighted by molar-refractivity contribution is 6.30. The van der Waals surface area contributed by atoms with E-state index in [2.05, 4.69) is 127 Å². The largest absolute Gasteiger partial charge is 0.463 e. The molecule has 0 radical (unpaired) electrons. The molecule has 24 heteroatoms. The molecular formula is C56H55ClF3N19O. The summed E-state index contributed by atoms with van der Waals surface area (Å²) in [6.07, 6.45) is 5.07. The van der Waals surface area contributed by atoms with E-state index in [0.717, 1.165) is 58.3 Å². The molecule has 0 aliphatic heterocycles. The lowest BCUT2D eigenvalue weighted by atomic mass is 10.2. The van der Waals surface area contributed by atoms with Crippen molar-refractivity contribution in [1.29, 1.82) is 0 Å². The van der Waals surface area contributed by atoms with E-state index in [1.165, 1.54) is 34.1 Å². The zero-order chi connectivity index (χ0) is 56.7. The number of anilines is 8. The zero-order valence-corrected chi connectivity index (χ0v) is 45.8. The van der Waals surface area contributed by atoms with Crippen LogP contribution in [0.15, 0.2) is 134 Å². The molecule has 8 heterocycles. The summed E-state index contributed by atoms with van der Waals surface area (Å²) in [6, 6.07) is 36.5. The van der Waals surface area contributed by atoms with Gasteiger partial charge in [-0.15, -0.1) is 10.2 Å². The second kappa shape index (κ2) is 23.9. The van der Waals surface area contributed by atoms with Crippen LogP contribution in [0.5, 0.6) is 6.01 Å². The molecule has 0 saturated heterocycles. The monoisotopic (exact) mass is 1100 g/mol. The third-order valence-corrected chi connectivity index (χ3v) is 11.8. The van der Waals surface area contributed by atoms with E-state index < -0.39 is 17.6 Å². The molecule has 0 aliphatic rings. The number of aryl methyl sites for hydroxylation is 7. The number of hydrogen-bond donors (Lipinski definition) is 4. The zero-order valence-electron chi connectivity index (χ0n) is 45.0. The van der Waals surface area contributed by atoms with Gasteiger partial charge >= 0.3 is 11.9 Å². The predicted molar refractivity (Wildman–Crippen MR) is 303 cm³/mol. The van der Waals surface area contributed by atoms with Gasteiger partial charge in [-0.1, -0.05) is 59.1 Å². The normalized spacial score (nSPS) is 11.1. The van der Waals surface area contributed by atoms with Gasteiger partial charge in [0.1, 0.15) is 35.4 Å². The Labute approximate surface area is 462 Å². The maximum atomic E-state index is 13.4. The van der Waals surface area contributed by atoms with Gasteiger partial charge in [0.25, 0.3) is 17.3 Å². The topological polar surface area (TPSA) is 217 Å². The molecule has 4 N–H and O–H groups in total. The van der Waals surface area contributed by atoms with Crippen LogP contribution in [0.2, 0.25) is 5.02 Å². The minimum absolute atomic E-state index is 0.0855. The molecule has 0 spiro atoms. The molecule has 0 atom stereocenters. The van der Waals surface area contributed by atoms with Crippen molar-refractivity contribution < 1.29 is 17.9 Å². The van der Waals surface area contributed by atoms with Crippen molar-refractivity contribution in [2.75, 3.05) is 27.9 Å². The SMILES string of the molecule is CCOc1nc2nc(C)cc(Nc3ccc(C)cc3)n2n1.Cc1cc(Nc2ccc(Cl)c(F)c2)n2ncnc2n1.Cc1ccc(Nc2cc(C)nc3nccn23)cc1.Cc1cccc(Nc2cc(C)nc3nc(C(C)(F)F)nn23)c1. The van der Waals surface area contributed by atoms with Crippen LogP contribution in [0.25, 0.3) is 23.1 Å². The Bertz CT molecular complexity index is 4100. The van der Waals surface area contributed by atoms with E-state index in [1.54, 1.807) is 40.4 Å². The summed E-state index contributed by atoms with van der Waals surface area (Å²) in [7, 11) is 0. The van der Waals surface area contributed by atoms with Gasteiger partial charge in [0.05, 0.1) is 11.6 Å². The number of nitrogens with zero attached hydrogens (tertiary/aromatic N) is 15. The first-order chi connectivity index (χ1) is 38.3. The van der Waals surface area contributed by atoms with Crippen LogP contribution in [-0.2, 0) is 5.92 Å². The Morgan fingerprint density at radius 2 is 1.04 bits per heavy atom. The van der Waals surface area contributed by atoms with Gasteiger partial charge < -0.3 is 26.0 Å². The van der Waals surface area contributed by atoms with E-state index in [9.17, 15) is 13.2 Å². The van der Waals surface area contributed by atoms with Crippen LogP contribution in [0.4, 0.5) is 59.2 Å². The van der Waals surface area contributed by atoms with Gasteiger partial charge in [-0.3, -0.25) is 4.40 Å². The van der Waals surface area contributed by atoms with E-state index in [1.807, 2.05) is 93.7 Å². The van der Waals surface area contributed by atoms with Crippen LogP contribution in [-0.4, -0.2) is 79.7 Å². The van der Waals surface area contributed by atoms with E-state index >= 15 is 0 Å². The van der Waals surface area contributed by atoms with Crippen molar-refractivity contribution in [3.63, 3.8) is 0 Å². The van der Waals surface area contributed by atoms with Crippen LogP contribution in [0.1, 0.15) is 59.1 Å². The first-order valence-corrected chi connectivity index (χ1v) is 25.4. The number of imidazole rings is 1. The van der Waals surface area contributed by atoms with Crippen LogP contribution in [0, 0.1) is 54.3 Å². The molecule has 0 fully saturated rings. The van der Waals surface area contributed by atoms with Crippen LogP contribution < -0.4 is 26.0 Å². The maximum absolute atomic E-state index is 13.4. The number of ether oxygens (including phenoxy) is 1. The summed E-state index contributed by atoms with van der Waals surface area (Å²) in [5.41, 5.74) is 10.3. The summed E-state index contributed by atoms with van der Waals surface area (Å²) in [4.78, 5) is 33.4. The molecule has 0 amide bonds. The third kappa shape index (κ3) is 13.7. The second-order valence-corrected chi connectivity index (χ2v) is 18.9. The molecule has 20 nitrogen and oxygen atoms in total. The van der Waals surface area contributed by atoms with Crippen molar-refractivity contribution in [3.05, 3.63) is 190 Å². The lowest BCUT2D eigenvalue weighted by Crippen LogP contribution is -2.10. The predicted octanol–water partition coefficient (Wildman–Crippen LogP) is 12.5. The molecule has 408 valence electrons. The van der Waals surface area contributed by atoms with Crippen molar-refractivity contribution >= 4 is 80.7 Å². The highest BCUT2D eigenvalue weighted by atomic mass is 35.5. The highest BCUT2D eigenvalue weighted by Gasteiger charge is 2.31. The molecule has 12 aromatic rings. The standard InChI is InChI=1S/C15H15F2N5.C15H17N5O.C14H14N4.C12H9ClFN5/c1-9-5-4-6-11(7-9)19-12-8-10(2)18-14-20-13(15(3,16)17)21-22(12)14;1-4-21-15-18-14-16-11(3)9-13(20(14)19-15)17-12-7-5-10(2)6-8-12;1-10-3-5-12(6-4-10)17-13-9-11(2)16-14-15-7-8-18(13)14;1-7-4-11(19-12(17-7)15-6-16-19)18-8-2-3-9(13)10(14)5-8/h4-8,19H,1-3H3;5-9,17H,4H2,1-3H3;3-9,17H,1-2H3;2-6,18H,1H3. The van der Waals surface area contributed by atoms with Crippen molar-refractivity contribution in [2.24, 2.45) is 0 Å². The van der Waals surface area contributed by atoms with E-state index in [0.29, 0.717) is 53.0 Å². The minimum Gasteiger partial charge on any atom is -0.463 e. The number of aromatic nitrogens is 15. The summed E-state index contributed by atoms with van der Waals surface area (Å²) in [6.45, 7) is 16.8. The first kappa shape index (κ1) is 55.0. The van der Waals surface area contributed by atoms with E-state index in [4.69, 9.17) is 16.3 Å². The average molecular weight is 1100 g/mol. The van der Waals surface area contributed by atoms with Crippen molar-refractivity contribution in [2.45, 2.75) is 68.2 Å². The highest BCUT2D eigenvalue weighted by Crippen LogP contribution is 2.27. The molecule has 8 aromatic heterocycles. The van der Waals surface area contributed by atoms with Crippen molar-refractivity contribution in [3.8, 4) is 6.01 Å². The summed E-state index contributed by atoms with van der Waals surface area (Å²) in [5.74, 6) is 0.699. The molecule has 0 unspecified atom stereocenters. The summed E-state index contributed by atoms with van der Waals surface area (Å²) < 4.78 is 52.0. The molecule has 0 saturated carbocycles. The van der Waals surface area contributed by atoms with Gasteiger partial charge in [-0.2, -0.15) is 42.4 Å². The van der Waals surface area contributed by atoms with Gasteiger partial charge in [0, 0.05) is 89.1 Å². The summed E-state index contributed by atoms with van der Waals surface area (Å²) in [5, 5.41) is 25.3. The Balaban J connectivity index is 0.000000129. The first-order valence-electron chi connectivity index (χ1n) is 25.1. The fourth-order valence-electron chi connectivity index (χ4n) is 7.81. The smallest absolute Gasteiger partial charge is 0.337 e. The molecule has 4 aromatic carbocycles. The van der Waals surface area contributed by atoms with E-state index in [-0.39, 0.29) is 10.8 Å². The quantitative estimate of drug-likeness (QED) is 0.0947. The fraction of sp³-hybridized carbons (Fsp3) is 0.196. The fourth-order valence-corrected chi connectivity index (χ4v) is 7.93. The molecular weight excluding hydrogens is 1050 g/mol. The number of nitrogens with one attached hydrogen (secondary N) is 4. The second-order valence-electron chi connectivity index (χ2n) is 18.5. The number of alkyl halides is 2. The lowest BCUT2D eigenvalue weighted by Gasteiger charge is -2.09. The van der Waals surface area contributed by atoms with Crippen LogP contribution in [0.3, 0.4) is 0 Å². The number of benzene rings is 4. The Morgan fingerprint density at radius 3 is 1.62 bits per heavy atom. The molecule has 80 heavy (non-hydrogen) atoms. The summed E-state index contributed by atoms with van der Waals surface area (Å²) >= 11 is 5.65. The maximum Gasteiger partial charge on any atom is 0.337 e. The number of fused-ring (bicyclic) bond motifs is 4. The lowest BCUT2D eigenvalue weighted by molar-refractivity contribution is 0.00800. The average Bonchev–Trinajstić information content (AvgIpc) is 4.34. The molecule has 0 aliphatic carbocycles. The Hall–Kier alpha value is -9.77. The number of hydrogen-bond acceptors (Lipinski definition) is 16. The van der Waals surface area contributed by atoms with Crippen LogP contribution >= 0.6 is 11.6 Å². The minimum atomic E-state index is -3.11. The Kier molecular flexibility index (Phi) is 16.4. The third-order valence-electron chi connectivity index (χ3n) is 11.5. The van der Waals surface area contributed by atoms with Gasteiger partial charge in [-0.25, -0.2) is 29.3 Å². The Morgan fingerprint density at radius 1 is 0.525 bits per heavy atom.